The first-order chi connectivity index (χ1) is 15.0. The summed E-state index contributed by atoms with van der Waals surface area (Å²) in [5.41, 5.74) is 2.01. The fourth-order valence-electron chi connectivity index (χ4n) is 3.15. The largest absolute Gasteiger partial charge is 0.491 e. The van der Waals surface area contributed by atoms with Crippen molar-refractivity contribution in [2.45, 2.75) is 53.1 Å². The first-order valence-corrected chi connectivity index (χ1v) is 11.2. The molecule has 2 N–H and O–H groups in total. The first kappa shape index (κ1) is 24.3. The molecule has 0 radical (unpaired) electrons. The molecule has 0 heterocycles. The molecule has 0 saturated carbocycles. The summed E-state index contributed by atoms with van der Waals surface area (Å²) in [7, 11) is 0. The van der Waals surface area contributed by atoms with Crippen molar-refractivity contribution in [3.63, 3.8) is 0 Å². The third kappa shape index (κ3) is 7.96. The number of nitrogens with zero attached hydrogens (tertiary/aromatic N) is 1. The van der Waals surface area contributed by atoms with Gasteiger partial charge in [-0.25, -0.2) is 0 Å². The zero-order valence-corrected chi connectivity index (χ0v) is 19.1. The summed E-state index contributed by atoms with van der Waals surface area (Å²) in [5, 5.41) is 5.98. The normalized spacial score (nSPS) is 11.5. The summed E-state index contributed by atoms with van der Waals surface area (Å²) in [6, 6.07) is 14.7. The molecule has 0 spiro atoms. The molecule has 1 atom stereocenters. The fraction of sp³-hybridized carbons (Fsp3) is 0.440. The monoisotopic (exact) mass is 425 g/mol. The second-order valence-corrected chi connectivity index (χ2v) is 7.64. The van der Waals surface area contributed by atoms with Crippen molar-refractivity contribution in [3.05, 3.63) is 54.1 Å². The number of benzene rings is 2. The van der Waals surface area contributed by atoms with E-state index in [9.17, 15) is 9.59 Å². The van der Waals surface area contributed by atoms with E-state index in [0.717, 1.165) is 43.8 Å². The second-order valence-electron chi connectivity index (χ2n) is 7.64. The van der Waals surface area contributed by atoms with Crippen LogP contribution in [0.15, 0.2) is 48.5 Å². The highest BCUT2D eigenvalue weighted by atomic mass is 16.5. The van der Waals surface area contributed by atoms with E-state index in [1.54, 1.807) is 24.3 Å². The van der Waals surface area contributed by atoms with E-state index in [0.29, 0.717) is 11.3 Å². The van der Waals surface area contributed by atoms with Crippen molar-refractivity contribution < 1.29 is 14.3 Å². The maximum atomic E-state index is 12.8. The van der Waals surface area contributed by atoms with E-state index in [1.807, 2.05) is 36.1 Å². The molecule has 0 bridgehead atoms. The van der Waals surface area contributed by atoms with Crippen LogP contribution in [-0.4, -0.2) is 42.5 Å². The third-order valence-electron chi connectivity index (χ3n) is 4.87. The van der Waals surface area contributed by atoms with Gasteiger partial charge in [0.25, 0.3) is 5.91 Å². The van der Waals surface area contributed by atoms with Crippen molar-refractivity contribution in [2.75, 3.05) is 30.3 Å². The molecule has 2 amide bonds. The van der Waals surface area contributed by atoms with Gasteiger partial charge in [0.05, 0.1) is 12.6 Å². The Morgan fingerprint density at radius 3 is 2.32 bits per heavy atom. The van der Waals surface area contributed by atoms with Gasteiger partial charge in [-0.2, -0.15) is 0 Å². The molecule has 0 fully saturated rings. The number of amides is 2. The Morgan fingerprint density at radius 2 is 1.65 bits per heavy atom. The summed E-state index contributed by atoms with van der Waals surface area (Å²) in [5.74, 6) is 0.586. The molecule has 6 heteroatoms. The molecule has 0 aliphatic rings. The Kier molecular flexibility index (Phi) is 9.88. The highest BCUT2D eigenvalue weighted by Gasteiger charge is 2.15. The number of carbonyl (C=O) groups is 2. The lowest BCUT2D eigenvalue weighted by atomic mass is 10.1. The Hall–Kier alpha value is -3.02. The Labute approximate surface area is 186 Å². The molecule has 0 aromatic heterocycles. The maximum Gasteiger partial charge on any atom is 0.253 e. The van der Waals surface area contributed by atoms with Gasteiger partial charge in [-0.05, 0) is 56.5 Å². The van der Waals surface area contributed by atoms with E-state index in [2.05, 4.69) is 31.4 Å². The number of hydrogen-bond donors (Lipinski definition) is 2. The predicted molar refractivity (Wildman–Crippen MR) is 127 cm³/mol. The minimum absolute atomic E-state index is 0.00366. The van der Waals surface area contributed by atoms with E-state index in [4.69, 9.17) is 4.74 Å². The molecule has 2 rings (SSSR count). The first-order valence-electron chi connectivity index (χ1n) is 11.2. The Balaban J connectivity index is 1.95. The zero-order chi connectivity index (χ0) is 22.6. The van der Waals surface area contributed by atoms with E-state index in [1.165, 1.54) is 0 Å². The smallest absolute Gasteiger partial charge is 0.253 e. The summed E-state index contributed by atoms with van der Waals surface area (Å²) in [6.07, 6.45) is 2.89. The topological polar surface area (TPSA) is 70.7 Å². The highest BCUT2D eigenvalue weighted by Crippen LogP contribution is 2.19. The SMILES string of the molecule is CCCN(CCC)C(=O)c1cccc(NC(=O)CNc2cccc(OC(C)CC)c2)c1. The number of nitrogens with one attached hydrogen (secondary N) is 2. The van der Waals surface area contributed by atoms with Crippen LogP contribution >= 0.6 is 0 Å². The average molecular weight is 426 g/mol. The van der Waals surface area contributed by atoms with Crippen molar-refractivity contribution in [1.82, 2.24) is 4.90 Å². The van der Waals surface area contributed by atoms with Crippen molar-refractivity contribution in [1.29, 1.82) is 0 Å². The van der Waals surface area contributed by atoms with Crippen LogP contribution in [0.3, 0.4) is 0 Å². The number of hydrogen-bond acceptors (Lipinski definition) is 4. The standard InChI is InChI=1S/C25H35N3O3/c1-5-14-28(15-6-2)25(30)20-10-8-12-22(16-20)27-24(29)18-26-21-11-9-13-23(17-21)31-19(4)7-3/h8-13,16-17,19,26H,5-7,14-15,18H2,1-4H3,(H,27,29). The molecule has 0 saturated heterocycles. The van der Waals surface area contributed by atoms with Crippen LogP contribution < -0.4 is 15.4 Å². The molecule has 2 aromatic rings. The number of carbonyl (C=O) groups excluding carboxylic acids is 2. The molecular weight excluding hydrogens is 390 g/mol. The van der Waals surface area contributed by atoms with Crippen LogP contribution in [0.2, 0.25) is 0 Å². The van der Waals surface area contributed by atoms with Gasteiger partial charge < -0.3 is 20.3 Å². The van der Waals surface area contributed by atoms with E-state index < -0.39 is 0 Å². The summed E-state index contributed by atoms with van der Waals surface area (Å²) in [4.78, 5) is 27.1. The fourth-order valence-corrected chi connectivity index (χ4v) is 3.15. The van der Waals surface area contributed by atoms with E-state index >= 15 is 0 Å². The van der Waals surface area contributed by atoms with Gasteiger partial charge in [0.15, 0.2) is 0 Å². The van der Waals surface area contributed by atoms with Crippen molar-refractivity contribution in [2.24, 2.45) is 0 Å². The van der Waals surface area contributed by atoms with Crippen LogP contribution in [0.1, 0.15) is 57.3 Å². The average Bonchev–Trinajstić information content (AvgIpc) is 2.77. The molecule has 1 unspecified atom stereocenters. The summed E-state index contributed by atoms with van der Waals surface area (Å²) in [6.45, 7) is 9.79. The van der Waals surface area contributed by atoms with Gasteiger partial charge >= 0.3 is 0 Å². The van der Waals surface area contributed by atoms with Gasteiger partial charge in [0.2, 0.25) is 5.91 Å². The van der Waals surface area contributed by atoms with Crippen LogP contribution in [0.4, 0.5) is 11.4 Å². The molecule has 2 aromatic carbocycles. The second kappa shape index (κ2) is 12.6. The van der Waals surface area contributed by atoms with Crippen molar-refractivity contribution >= 4 is 23.2 Å². The summed E-state index contributed by atoms with van der Waals surface area (Å²) >= 11 is 0. The minimum atomic E-state index is -0.184. The third-order valence-corrected chi connectivity index (χ3v) is 4.87. The number of anilines is 2. The lowest BCUT2D eigenvalue weighted by Crippen LogP contribution is -2.32. The Morgan fingerprint density at radius 1 is 0.968 bits per heavy atom. The molecule has 0 aliphatic heterocycles. The van der Waals surface area contributed by atoms with Crippen LogP contribution in [0.5, 0.6) is 5.75 Å². The molecule has 31 heavy (non-hydrogen) atoms. The van der Waals surface area contributed by atoms with Crippen LogP contribution in [0, 0.1) is 0 Å². The number of rotatable bonds is 12. The molecular formula is C25H35N3O3. The van der Waals surface area contributed by atoms with E-state index in [-0.39, 0.29) is 24.5 Å². The molecule has 6 nitrogen and oxygen atoms in total. The quantitative estimate of drug-likeness (QED) is 0.492. The van der Waals surface area contributed by atoms with Gasteiger partial charge in [0, 0.05) is 36.1 Å². The molecule has 168 valence electrons. The van der Waals surface area contributed by atoms with Gasteiger partial charge in [-0.3, -0.25) is 9.59 Å². The van der Waals surface area contributed by atoms with Gasteiger partial charge in [-0.15, -0.1) is 0 Å². The maximum absolute atomic E-state index is 12.8. The zero-order valence-electron chi connectivity index (χ0n) is 19.1. The highest BCUT2D eigenvalue weighted by molar-refractivity contribution is 5.98. The molecule has 0 aliphatic carbocycles. The van der Waals surface area contributed by atoms with Crippen molar-refractivity contribution in [3.8, 4) is 5.75 Å². The Bertz CT molecular complexity index is 847. The van der Waals surface area contributed by atoms with Crippen LogP contribution in [0.25, 0.3) is 0 Å². The lowest BCUT2D eigenvalue weighted by molar-refractivity contribution is -0.114. The lowest BCUT2D eigenvalue weighted by Gasteiger charge is -2.21. The van der Waals surface area contributed by atoms with Gasteiger partial charge in [0.1, 0.15) is 5.75 Å². The summed E-state index contributed by atoms with van der Waals surface area (Å²) < 4.78 is 5.82. The van der Waals surface area contributed by atoms with Crippen LogP contribution in [-0.2, 0) is 4.79 Å². The minimum Gasteiger partial charge on any atom is -0.491 e. The van der Waals surface area contributed by atoms with Gasteiger partial charge in [-0.1, -0.05) is 32.9 Å². The number of ether oxygens (including phenoxy) is 1. The predicted octanol–water partition coefficient (Wildman–Crippen LogP) is 5.18.